The monoisotopic (exact) mass is 301 g/mol. The standard InChI is InChI=1S/C11H9NO3S2.2H3N/c13-9(16)5-6(11(14)15)10-12-7-3-1-2-4-8(7)17-10;;/h1-4,6H,5H2,(H,13,16)(H,14,15);2*1H3. The predicted molar refractivity (Wildman–Crippen MR) is 76.3 cm³/mol. The van der Waals surface area contributed by atoms with Crippen LogP contribution in [-0.2, 0) is 22.2 Å². The van der Waals surface area contributed by atoms with Crippen molar-refractivity contribution >= 4 is 45.3 Å². The third-order valence-electron chi connectivity index (χ3n) is 2.26. The van der Waals surface area contributed by atoms with E-state index in [1.165, 1.54) is 11.3 Å². The summed E-state index contributed by atoms with van der Waals surface area (Å²) in [5.41, 5.74) is 0.718. The molecule has 0 amide bonds. The molecule has 0 spiro atoms. The van der Waals surface area contributed by atoms with Gasteiger partial charge in [0.2, 0.25) is 0 Å². The lowest BCUT2D eigenvalue weighted by molar-refractivity contribution is -0.308. The van der Waals surface area contributed by atoms with Crippen LogP contribution in [0, 0.1) is 0 Å². The molecule has 0 bridgehead atoms. The molecule has 0 aliphatic heterocycles. The van der Waals surface area contributed by atoms with Gasteiger partial charge in [0.05, 0.1) is 22.1 Å². The fourth-order valence-electron chi connectivity index (χ4n) is 1.48. The molecule has 0 saturated carbocycles. The maximum atomic E-state index is 11.0. The molecule has 1 unspecified atom stereocenters. The summed E-state index contributed by atoms with van der Waals surface area (Å²) in [6.45, 7) is 0. The van der Waals surface area contributed by atoms with Crippen LogP contribution in [0.25, 0.3) is 10.2 Å². The average Bonchev–Trinajstić information content (AvgIpc) is 2.68. The van der Waals surface area contributed by atoms with Crippen molar-refractivity contribution in [2.45, 2.75) is 12.3 Å². The van der Waals surface area contributed by atoms with Crippen molar-refractivity contribution in [1.29, 1.82) is 0 Å². The SMILES string of the molecule is O=C([S-])CC(C(=O)[O-])c1nc2ccccc2s1.[NH4+].[NH4+]. The molecular weight excluding hydrogens is 286 g/mol. The molecule has 0 fully saturated rings. The molecule has 0 aliphatic rings. The van der Waals surface area contributed by atoms with Crippen molar-refractivity contribution in [2.24, 2.45) is 0 Å². The first-order chi connectivity index (χ1) is 8.08. The van der Waals surface area contributed by atoms with E-state index >= 15 is 0 Å². The van der Waals surface area contributed by atoms with Gasteiger partial charge in [-0.05, 0) is 18.6 Å². The second kappa shape index (κ2) is 7.10. The molecular formula is C11H15N3O3S2. The Bertz CT molecular complexity index is 552. The molecule has 1 atom stereocenters. The second-order valence-corrected chi connectivity index (χ2v) is 4.99. The van der Waals surface area contributed by atoms with Crippen molar-refractivity contribution in [2.75, 3.05) is 0 Å². The second-order valence-electron chi connectivity index (χ2n) is 3.47. The summed E-state index contributed by atoms with van der Waals surface area (Å²) in [4.78, 5) is 26.0. The van der Waals surface area contributed by atoms with Crippen LogP contribution in [0.15, 0.2) is 24.3 Å². The summed E-state index contributed by atoms with van der Waals surface area (Å²) < 4.78 is 0.880. The number of thiazole rings is 1. The van der Waals surface area contributed by atoms with Crippen molar-refractivity contribution < 1.29 is 14.7 Å². The number of para-hydroxylation sites is 1. The predicted octanol–water partition coefficient (Wildman–Crippen LogP) is 1.35. The van der Waals surface area contributed by atoms with Gasteiger partial charge in [0.15, 0.2) is 0 Å². The van der Waals surface area contributed by atoms with Gasteiger partial charge in [-0.3, -0.25) is 0 Å². The third kappa shape index (κ3) is 3.93. The highest BCUT2D eigenvalue weighted by atomic mass is 32.1. The Labute approximate surface area is 119 Å². The zero-order valence-corrected chi connectivity index (χ0v) is 12.2. The first-order valence-electron chi connectivity index (χ1n) is 4.84. The largest absolute Gasteiger partial charge is 0.742 e. The quantitative estimate of drug-likeness (QED) is 0.819. The highest BCUT2D eigenvalue weighted by molar-refractivity contribution is 7.77. The Morgan fingerprint density at radius 1 is 1.32 bits per heavy atom. The van der Waals surface area contributed by atoms with E-state index in [9.17, 15) is 14.7 Å². The maximum Gasteiger partial charge on any atom is 0.103 e. The minimum absolute atomic E-state index is 0. The number of carboxylic acid groups (broad SMARTS) is 1. The number of aromatic nitrogens is 1. The summed E-state index contributed by atoms with van der Waals surface area (Å²) in [6, 6.07) is 7.30. The van der Waals surface area contributed by atoms with E-state index in [4.69, 9.17) is 0 Å². The fraction of sp³-hybridized carbons (Fsp3) is 0.182. The lowest BCUT2D eigenvalue weighted by Crippen LogP contribution is -2.30. The lowest BCUT2D eigenvalue weighted by Gasteiger charge is -2.16. The summed E-state index contributed by atoms with van der Waals surface area (Å²) >= 11 is 5.65. The van der Waals surface area contributed by atoms with Gasteiger partial charge in [-0.2, -0.15) is 0 Å². The van der Waals surface area contributed by atoms with Gasteiger partial charge < -0.3 is 39.6 Å². The molecule has 2 aromatic rings. The van der Waals surface area contributed by atoms with Crippen LogP contribution in [0.3, 0.4) is 0 Å². The number of hydrogen-bond donors (Lipinski definition) is 2. The lowest BCUT2D eigenvalue weighted by atomic mass is 10.1. The third-order valence-corrected chi connectivity index (χ3v) is 3.58. The van der Waals surface area contributed by atoms with E-state index in [-0.39, 0.29) is 18.7 Å². The number of carbonyl (C=O) groups is 2. The Morgan fingerprint density at radius 3 is 2.47 bits per heavy atom. The molecule has 2 rings (SSSR count). The van der Waals surface area contributed by atoms with Crippen molar-refractivity contribution in [3.63, 3.8) is 0 Å². The number of quaternary nitrogens is 2. The van der Waals surface area contributed by atoms with Crippen LogP contribution >= 0.6 is 11.3 Å². The average molecular weight is 301 g/mol. The summed E-state index contributed by atoms with van der Waals surface area (Å²) in [5.74, 6) is -2.36. The van der Waals surface area contributed by atoms with Gasteiger partial charge in [0.25, 0.3) is 0 Å². The molecule has 1 aromatic heterocycles. The van der Waals surface area contributed by atoms with E-state index in [2.05, 4.69) is 17.6 Å². The normalized spacial score (nSPS) is 11.2. The number of hydrogen-bond acceptors (Lipinski definition) is 6. The van der Waals surface area contributed by atoms with Crippen LogP contribution in [0.4, 0.5) is 0 Å². The molecule has 1 heterocycles. The van der Waals surface area contributed by atoms with Crippen LogP contribution in [0.5, 0.6) is 0 Å². The number of carbonyl (C=O) groups excluding carboxylic acids is 2. The Hall–Kier alpha value is -1.61. The van der Waals surface area contributed by atoms with E-state index in [1.807, 2.05) is 18.2 Å². The molecule has 6 nitrogen and oxygen atoms in total. The van der Waals surface area contributed by atoms with Crippen LogP contribution < -0.4 is 17.4 Å². The van der Waals surface area contributed by atoms with Gasteiger partial charge in [0, 0.05) is 5.12 Å². The van der Waals surface area contributed by atoms with Crippen LogP contribution in [0.1, 0.15) is 17.3 Å². The summed E-state index contributed by atoms with van der Waals surface area (Å²) in [6.07, 6.45) is -0.252. The first-order valence-corrected chi connectivity index (χ1v) is 6.06. The number of carboxylic acids is 1. The smallest absolute Gasteiger partial charge is 0.103 e. The van der Waals surface area contributed by atoms with E-state index in [0.717, 1.165) is 10.2 Å². The maximum absolute atomic E-state index is 11.0. The zero-order valence-electron chi connectivity index (χ0n) is 10.6. The van der Waals surface area contributed by atoms with Crippen molar-refractivity contribution in [1.82, 2.24) is 17.3 Å². The topological polar surface area (TPSA) is 143 Å². The van der Waals surface area contributed by atoms with Crippen LogP contribution in [0.2, 0.25) is 0 Å². The zero-order chi connectivity index (χ0) is 12.4. The number of benzene rings is 1. The molecule has 0 saturated heterocycles. The molecule has 8 N–H and O–H groups in total. The molecule has 8 heteroatoms. The van der Waals surface area contributed by atoms with E-state index in [1.54, 1.807) is 6.07 Å². The van der Waals surface area contributed by atoms with Gasteiger partial charge in [-0.15, -0.1) is 11.3 Å². The Morgan fingerprint density at radius 2 is 1.95 bits per heavy atom. The van der Waals surface area contributed by atoms with E-state index < -0.39 is 17.0 Å². The molecule has 104 valence electrons. The number of rotatable bonds is 4. The van der Waals surface area contributed by atoms with Crippen molar-refractivity contribution in [3.8, 4) is 0 Å². The fourth-order valence-corrected chi connectivity index (χ4v) is 2.70. The van der Waals surface area contributed by atoms with Gasteiger partial charge in [0.1, 0.15) is 5.01 Å². The molecule has 0 radical (unpaired) electrons. The molecule has 0 aliphatic carbocycles. The number of nitrogens with zero attached hydrogens (tertiary/aromatic N) is 1. The van der Waals surface area contributed by atoms with Gasteiger partial charge in [-0.1, -0.05) is 12.1 Å². The summed E-state index contributed by atoms with van der Waals surface area (Å²) in [7, 11) is 0. The summed E-state index contributed by atoms with van der Waals surface area (Å²) in [5, 5.41) is 10.7. The highest BCUT2D eigenvalue weighted by Gasteiger charge is 2.17. The minimum Gasteiger partial charge on any atom is -0.742 e. The van der Waals surface area contributed by atoms with E-state index in [0.29, 0.717) is 5.01 Å². The molecule has 1 aromatic carbocycles. The minimum atomic E-state index is -1.32. The van der Waals surface area contributed by atoms with Gasteiger partial charge >= 0.3 is 0 Å². The number of fused-ring (bicyclic) bond motifs is 1. The van der Waals surface area contributed by atoms with Gasteiger partial charge in [-0.25, -0.2) is 4.98 Å². The highest BCUT2D eigenvalue weighted by Crippen LogP contribution is 2.29. The Balaban J connectivity index is 0.00000162. The Kier molecular flexibility index (Phi) is 6.49. The molecule has 19 heavy (non-hydrogen) atoms. The van der Waals surface area contributed by atoms with Crippen LogP contribution in [-0.4, -0.2) is 16.1 Å². The number of aliphatic carboxylic acids is 1. The van der Waals surface area contributed by atoms with Crippen molar-refractivity contribution in [3.05, 3.63) is 29.3 Å². The first kappa shape index (κ1) is 17.4.